The van der Waals surface area contributed by atoms with E-state index in [1.807, 2.05) is 0 Å². The van der Waals surface area contributed by atoms with Crippen LogP contribution in [0.3, 0.4) is 0 Å². The lowest BCUT2D eigenvalue weighted by Crippen LogP contribution is -2.14. The van der Waals surface area contributed by atoms with Crippen LogP contribution in [0, 0.1) is 0 Å². The third kappa shape index (κ3) is 7.01. The Morgan fingerprint density at radius 2 is 1.63 bits per heavy atom. The molecular formula is C19H18F3NO4. The Bertz CT molecular complexity index is 771. The molecular weight excluding hydrogens is 363 g/mol. The van der Waals surface area contributed by atoms with Gasteiger partial charge in [-0.15, -0.1) is 0 Å². The van der Waals surface area contributed by atoms with E-state index in [1.54, 1.807) is 24.3 Å². The van der Waals surface area contributed by atoms with E-state index in [1.165, 1.54) is 12.1 Å². The topological polar surface area (TPSA) is 75.6 Å². The molecule has 0 bridgehead atoms. The van der Waals surface area contributed by atoms with E-state index in [4.69, 9.17) is 9.84 Å². The second kappa shape index (κ2) is 9.07. The highest BCUT2D eigenvalue weighted by Gasteiger charge is 2.29. The van der Waals surface area contributed by atoms with Crippen molar-refractivity contribution in [1.82, 2.24) is 0 Å². The van der Waals surface area contributed by atoms with Crippen LogP contribution >= 0.6 is 0 Å². The fraction of sp³-hybridized carbons (Fsp3) is 0.263. The highest BCUT2D eigenvalue weighted by atomic mass is 19.4. The van der Waals surface area contributed by atoms with E-state index >= 15 is 0 Å². The molecule has 2 aromatic carbocycles. The molecule has 0 spiro atoms. The van der Waals surface area contributed by atoms with Crippen LogP contribution in [0.25, 0.3) is 0 Å². The number of carboxylic acid groups (broad SMARTS) is 1. The Morgan fingerprint density at radius 1 is 1.00 bits per heavy atom. The zero-order chi connectivity index (χ0) is 19.9. The fourth-order valence-electron chi connectivity index (χ4n) is 2.25. The first-order chi connectivity index (χ1) is 12.7. The van der Waals surface area contributed by atoms with E-state index in [0.29, 0.717) is 23.4 Å². The highest BCUT2D eigenvalue weighted by Crippen LogP contribution is 2.29. The van der Waals surface area contributed by atoms with Crippen molar-refractivity contribution in [3.63, 3.8) is 0 Å². The summed E-state index contributed by atoms with van der Waals surface area (Å²) in [7, 11) is 0. The number of carbonyl (C=O) groups is 2. The summed E-state index contributed by atoms with van der Waals surface area (Å²) in [5.41, 5.74) is 0.231. The van der Waals surface area contributed by atoms with Gasteiger partial charge in [-0.1, -0.05) is 12.1 Å². The van der Waals surface area contributed by atoms with Gasteiger partial charge in [0.15, 0.2) is 0 Å². The molecule has 144 valence electrons. The van der Waals surface area contributed by atoms with Gasteiger partial charge in [-0.2, -0.15) is 13.2 Å². The largest absolute Gasteiger partial charge is 0.494 e. The molecule has 1 amide bonds. The average molecular weight is 381 g/mol. The van der Waals surface area contributed by atoms with Gasteiger partial charge in [-0.25, -0.2) is 0 Å². The van der Waals surface area contributed by atoms with Crippen LogP contribution in [0.1, 0.15) is 24.0 Å². The van der Waals surface area contributed by atoms with Gasteiger partial charge in [-0.05, 0) is 48.4 Å². The number of amides is 1. The van der Waals surface area contributed by atoms with Gasteiger partial charge in [0.1, 0.15) is 5.75 Å². The molecule has 0 saturated carbocycles. The lowest BCUT2D eigenvalue weighted by molar-refractivity contribution is -0.138. The summed E-state index contributed by atoms with van der Waals surface area (Å²) in [4.78, 5) is 22.4. The van der Waals surface area contributed by atoms with Gasteiger partial charge in [0.2, 0.25) is 5.91 Å². The summed E-state index contributed by atoms with van der Waals surface area (Å²) in [5, 5.41) is 11.2. The fourth-order valence-corrected chi connectivity index (χ4v) is 2.25. The summed E-state index contributed by atoms with van der Waals surface area (Å²) < 4.78 is 42.9. The molecule has 0 unspecified atom stereocenters. The Morgan fingerprint density at radius 3 is 2.19 bits per heavy atom. The molecule has 8 heteroatoms. The molecule has 5 nitrogen and oxygen atoms in total. The van der Waals surface area contributed by atoms with Gasteiger partial charge < -0.3 is 15.2 Å². The molecule has 27 heavy (non-hydrogen) atoms. The van der Waals surface area contributed by atoms with Crippen LogP contribution in [0.5, 0.6) is 5.75 Å². The Hall–Kier alpha value is -3.03. The molecule has 0 aliphatic rings. The maximum atomic E-state index is 12.5. The summed E-state index contributed by atoms with van der Waals surface area (Å²) >= 11 is 0. The maximum Gasteiger partial charge on any atom is 0.416 e. The van der Waals surface area contributed by atoms with Crippen LogP contribution in [-0.4, -0.2) is 23.6 Å². The van der Waals surface area contributed by atoms with Crippen LogP contribution in [0.2, 0.25) is 0 Å². The maximum absolute atomic E-state index is 12.5. The number of rotatable bonds is 8. The number of carboxylic acids is 1. The van der Waals surface area contributed by atoms with Gasteiger partial charge in [-0.3, -0.25) is 9.59 Å². The highest BCUT2D eigenvalue weighted by molar-refractivity contribution is 5.92. The third-order valence-corrected chi connectivity index (χ3v) is 3.59. The number of alkyl halides is 3. The van der Waals surface area contributed by atoms with Crippen molar-refractivity contribution in [2.75, 3.05) is 11.9 Å². The van der Waals surface area contributed by atoms with Crippen molar-refractivity contribution in [1.29, 1.82) is 0 Å². The number of carbonyl (C=O) groups excluding carboxylic acids is 1. The summed E-state index contributed by atoms with van der Waals surface area (Å²) in [6.07, 6.45) is -4.04. The molecule has 0 fully saturated rings. The number of ether oxygens (including phenoxy) is 1. The van der Waals surface area contributed by atoms with Crippen LogP contribution in [0.4, 0.5) is 18.9 Å². The van der Waals surface area contributed by atoms with Crippen molar-refractivity contribution in [3.05, 3.63) is 59.7 Å². The van der Waals surface area contributed by atoms with Crippen molar-refractivity contribution in [3.8, 4) is 5.75 Å². The van der Waals surface area contributed by atoms with Crippen molar-refractivity contribution in [2.24, 2.45) is 0 Å². The molecule has 2 aromatic rings. The third-order valence-electron chi connectivity index (χ3n) is 3.59. The minimum absolute atomic E-state index is 0.0259. The second-order valence-corrected chi connectivity index (χ2v) is 5.79. The first kappa shape index (κ1) is 20.3. The van der Waals surface area contributed by atoms with Gasteiger partial charge in [0.25, 0.3) is 0 Å². The molecule has 0 atom stereocenters. The van der Waals surface area contributed by atoms with Crippen molar-refractivity contribution >= 4 is 17.6 Å². The summed E-state index contributed by atoms with van der Waals surface area (Å²) in [6.45, 7) is 0.270. The number of hydrogen-bond acceptors (Lipinski definition) is 3. The Balaban J connectivity index is 1.82. The summed E-state index contributed by atoms with van der Waals surface area (Å²) in [5.74, 6) is -0.698. The minimum Gasteiger partial charge on any atom is -0.494 e. The lowest BCUT2D eigenvalue weighted by Gasteiger charge is -2.09. The second-order valence-electron chi connectivity index (χ2n) is 5.79. The number of nitrogens with one attached hydrogen (secondary N) is 1. The van der Waals surface area contributed by atoms with E-state index < -0.39 is 17.7 Å². The SMILES string of the molecule is O=C(O)CCCOc1ccc(NC(=O)Cc2ccc(C(F)(F)F)cc2)cc1. The number of hydrogen-bond donors (Lipinski definition) is 2. The van der Waals surface area contributed by atoms with Gasteiger partial charge in [0, 0.05) is 12.1 Å². The van der Waals surface area contributed by atoms with E-state index in [9.17, 15) is 22.8 Å². The van der Waals surface area contributed by atoms with Gasteiger partial charge in [0.05, 0.1) is 18.6 Å². The molecule has 0 saturated heterocycles. The molecule has 0 aliphatic carbocycles. The summed E-state index contributed by atoms with van der Waals surface area (Å²) in [6, 6.07) is 10.9. The first-order valence-corrected chi connectivity index (χ1v) is 8.14. The molecule has 2 N–H and O–H groups in total. The average Bonchev–Trinajstić information content (AvgIpc) is 2.59. The monoisotopic (exact) mass is 381 g/mol. The Labute approximate surface area is 153 Å². The van der Waals surface area contributed by atoms with Crippen LogP contribution in [-0.2, 0) is 22.2 Å². The number of aliphatic carboxylic acids is 1. The first-order valence-electron chi connectivity index (χ1n) is 8.14. The van der Waals surface area contributed by atoms with E-state index in [-0.39, 0.29) is 25.4 Å². The van der Waals surface area contributed by atoms with Crippen LogP contribution in [0.15, 0.2) is 48.5 Å². The Kier molecular flexibility index (Phi) is 6.81. The zero-order valence-corrected chi connectivity index (χ0v) is 14.3. The number of benzene rings is 2. The quantitative estimate of drug-likeness (QED) is 0.674. The van der Waals surface area contributed by atoms with Crippen molar-refractivity contribution in [2.45, 2.75) is 25.4 Å². The standard InChI is InChI=1S/C19H18F3NO4/c20-19(21,22)14-5-3-13(4-6-14)12-17(24)23-15-7-9-16(10-8-15)27-11-1-2-18(25)26/h3-10H,1-2,11-12H2,(H,23,24)(H,25,26). The van der Waals surface area contributed by atoms with Gasteiger partial charge >= 0.3 is 12.1 Å². The molecule has 0 aromatic heterocycles. The van der Waals surface area contributed by atoms with Crippen molar-refractivity contribution < 1.29 is 32.6 Å². The predicted octanol–water partition coefficient (Wildman–Crippen LogP) is 4.13. The zero-order valence-electron chi connectivity index (χ0n) is 14.3. The molecule has 0 radical (unpaired) electrons. The molecule has 0 heterocycles. The van der Waals surface area contributed by atoms with E-state index in [0.717, 1.165) is 12.1 Å². The number of halogens is 3. The lowest BCUT2D eigenvalue weighted by atomic mass is 10.1. The molecule has 2 rings (SSSR count). The predicted molar refractivity (Wildman–Crippen MR) is 92.6 cm³/mol. The minimum atomic E-state index is -4.40. The van der Waals surface area contributed by atoms with E-state index in [2.05, 4.69) is 5.32 Å². The number of anilines is 1. The molecule has 0 aliphatic heterocycles. The van der Waals surface area contributed by atoms with Crippen LogP contribution < -0.4 is 10.1 Å². The smallest absolute Gasteiger partial charge is 0.416 e. The normalized spacial score (nSPS) is 11.1.